The molecular formula is C8H11N5O2. The number of amides is 1. The lowest BCUT2D eigenvalue weighted by molar-refractivity contribution is 0.0944. The number of aryl methyl sites for hydroxylation is 1. The Hall–Kier alpha value is -2.01. The van der Waals surface area contributed by atoms with Crippen molar-refractivity contribution in [3.8, 4) is 0 Å². The lowest BCUT2D eigenvalue weighted by Crippen LogP contribution is -2.25. The van der Waals surface area contributed by atoms with E-state index in [9.17, 15) is 4.79 Å². The van der Waals surface area contributed by atoms with Gasteiger partial charge in [-0.05, 0) is 18.9 Å². The van der Waals surface area contributed by atoms with Crippen LogP contribution in [0, 0.1) is 6.92 Å². The van der Waals surface area contributed by atoms with E-state index in [-0.39, 0.29) is 11.6 Å². The zero-order valence-corrected chi connectivity index (χ0v) is 8.30. The van der Waals surface area contributed by atoms with Gasteiger partial charge in [0.15, 0.2) is 5.69 Å². The molecule has 1 rings (SSSR count). The molecule has 0 unspecified atom stereocenters. The first kappa shape index (κ1) is 11.1. The van der Waals surface area contributed by atoms with Crippen molar-refractivity contribution in [1.29, 1.82) is 0 Å². The molecule has 7 heteroatoms. The van der Waals surface area contributed by atoms with Gasteiger partial charge >= 0.3 is 0 Å². The first-order chi connectivity index (χ1) is 7.24. The molecular weight excluding hydrogens is 198 g/mol. The number of carbonyl (C=O) groups excluding carboxylic acids is 1. The molecule has 0 saturated heterocycles. The number of carbonyl (C=O) groups is 1. The summed E-state index contributed by atoms with van der Waals surface area (Å²) in [7, 11) is 0. The Balaban J connectivity index is 2.27. The van der Waals surface area contributed by atoms with Gasteiger partial charge in [-0.3, -0.25) is 4.79 Å². The number of hydrogen-bond acceptors (Lipinski definition) is 4. The largest absolute Gasteiger partial charge is 0.361 e. The van der Waals surface area contributed by atoms with Crippen LogP contribution in [-0.4, -0.2) is 24.2 Å². The van der Waals surface area contributed by atoms with Gasteiger partial charge in [-0.1, -0.05) is 10.3 Å². The SMILES string of the molecule is Cc1cc(C(=O)NCCCN=[N+]=[N-])no1. The Kier molecular flexibility index (Phi) is 4.18. The summed E-state index contributed by atoms with van der Waals surface area (Å²) in [6, 6.07) is 1.56. The van der Waals surface area contributed by atoms with E-state index in [1.165, 1.54) is 0 Å². The van der Waals surface area contributed by atoms with Crippen molar-refractivity contribution < 1.29 is 9.32 Å². The molecule has 0 aliphatic carbocycles. The van der Waals surface area contributed by atoms with E-state index in [0.717, 1.165) is 0 Å². The summed E-state index contributed by atoms with van der Waals surface area (Å²) in [5.41, 5.74) is 8.26. The molecule has 0 radical (unpaired) electrons. The van der Waals surface area contributed by atoms with Crippen LogP contribution in [0.15, 0.2) is 15.7 Å². The van der Waals surface area contributed by atoms with Crippen molar-refractivity contribution in [1.82, 2.24) is 10.5 Å². The van der Waals surface area contributed by atoms with Crippen molar-refractivity contribution >= 4 is 5.91 Å². The van der Waals surface area contributed by atoms with Crippen LogP contribution < -0.4 is 5.32 Å². The molecule has 1 N–H and O–H groups in total. The second-order valence-corrected chi connectivity index (χ2v) is 2.89. The maximum absolute atomic E-state index is 11.4. The molecule has 1 heterocycles. The second-order valence-electron chi connectivity index (χ2n) is 2.89. The highest BCUT2D eigenvalue weighted by Crippen LogP contribution is 2.00. The Labute approximate surface area is 86.1 Å². The first-order valence-corrected chi connectivity index (χ1v) is 4.46. The Morgan fingerprint density at radius 1 is 1.80 bits per heavy atom. The number of azide groups is 1. The highest BCUT2D eigenvalue weighted by atomic mass is 16.5. The van der Waals surface area contributed by atoms with E-state index in [4.69, 9.17) is 10.1 Å². The molecule has 0 aromatic carbocycles. The number of aromatic nitrogens is 1. The fourth-order valence-electron chi connectivity index (χ4n) is 0.960. The molecule has 1 amide bonds. The monoisotopic (exact) mass is 209 g/mol. The summed E-state index contributed by atoms with van der Waals surface area (Å²) in [5, 5.41) is 9.53. The van der Waals surface area contributed by atoms with Crippen molar-refractivity contribution in [3.63, 3.8) is 0 Å². The van der Waals surface area contributed by atoms with E-state index in [1.54, 1.807) is 13.0 Å². The maximum Gasteiger partial charge on any atom is 0.273 e. The van der Waals surface area contributed by atoms with Crippen molar-refractivity contribution in [2.24, 2.45) is 5.11 Å². The van der Waals surface area contributed by atoms with Crippen molar-refractivity contribution in [2.75, 3.05) is 13.1 Å². The molecule has 15 heavy (non-hydrogen) atoms. The molecule has 0 fully saturated rings. The number of hydrogen-bond donors (Lipinski definition) is 1. The van der Waals surface area contributed by atoms with Gasteiger partial charge in [0, 0.05) is 24.1 Å². The third-order valence-electron chi connectivity index (χ3n) is 1.64. The van der Waals surface area contributed by atoms with E-state index >= 15 is 0 Å². The first-order valence-electron chi connectivity index (χ1n) is 4.46. The molecule has 0 saturated carbocycles. The molecule has 0 atom stereocenters. The summed E-state index contributed by atoms with van der Waals surface area (Å²) in [5.74, 6) is 0.307. The van der Waals surface area contributed by atoms with E-state index < -0.39 is 0 Å². The number of nitrogens with zero attached hydrogens (tertiary/aromatic N) is 4. The van der Waals surface area contributed by atoms with Gasteiger partial charge in [0.05, 0.1) is 0 Å². The van der Waals surface area contributed by atoms with Crippen LogP contribution in [0.3, 0.4) is 0 Å². The molecule has 1 aromatic rings. The third-order valence-corrected chi connectivity index (χ3v) is 1.64. The molecule has 0 spiro atoms. The zero-order chi connectivity index (χ0) is 11.1. The summed E-state index contributed by atoms with van der Waals surface area (Å²) >= 11 is 0. The summed E-state index contributed by atoms with van der Waals surface area (Å²) in [6.45, 7) is 2.53. The summed E-state index contributed by atoms with van der Waals surface area (Å²) in [6.07, 6.45) is 0.604. The predicted octanol–water partition coefficient (Wildman–Crippen LogP) is 1.41. The van der Waals surface area contributed by atoms with Gasteiger partial charge in [0.25, 0.3) is 5.91 Å². The van der Waals surface area contributed by atoms with Crippen LogP contribution in [0.2, 0.25) is 0 Å². The molecule has 1 aromatic heterocycles. The van der Waals surface area contributed by atoms with Crippen LogP contribution >= 0.6 is 0 Å². The Morgan fingerprint density at radius 3 is 3.20 bits per heavy atom. The van der Waals surface area contributed by atoms with Crippen molar-refractivity contribution in [3.05, 3.63) is 28.0 Å². The lowest BCUT2D eigenvalue weighted by Gasteiger charge is -1.99. The molecule has 0 aliphatic rings. The topological polar surface area (TPSA) is 104 Å². The van der Waals surface area contributed by atoms with Crippen LogP contribution in [0.25, 0.3) is 10.4 Å². The molecule has 7 nitrogen and oxygen atoms in total. The molecule has 0 bridgehead atoms. The Morgan fingerprint density at radius 2 is 2.60 bits per heavy atom. The standard InChI is InChI=1S/C8H11N5O2/c1-6-5-7(12-15-6)8(14)10-3-2-4-11-13-9/h5H,2-4H2,1H3,(H,10,14). The van der Waals surface area contributed by atoms with Gasteiger partial charge in [-0.2, -0.15) is 0 Å². The fourth-order valence-corrected chi connectivity index (χ4v) is 0.960. The van der Waals surface area contributed by atoms with E-state index in [2.05, 4.69) is 20.5 Å². The smallest absolute Gasteiger partial charge is 0.273 e. The second kappa shape index (κ2) is 5.66. The zero-order valence-electron chi connectivity index (χ0n) is 8.30. The van der Waals surface area contributed by atoms with Gasteiger partial charge in [0.1, 0.15) is 5.76 Å². The predicted molar refractivity (Wildman–Crippen MR) is 52.2 cm³/mol. The number of nitrogens with one attached hydrogen (secondary N) is 1. The minimum atomic E-state index is -0.284. The van der Waals surface area contributed by atoms with Gasteiger partial charge in [-0.25, -0.2) is 0 Å². The minimum absolute atomic E-state index is 0.260. The molecule has 0 aliphatic heterocycles. The molecule has 80 valence electrons. The fraction of sp³-hybridized carbons (Fsp3) is 0.500. The van der Waals surface area contributed by atoms with Crippen LogP contribution in [0.4, 0.5) is 0 Å². The summed E-state index contributed by atoms with van der Waals surface area (Å²) < 4.78 is 4.75. The van der Waals surface area contributed by atoms with Gasteiger partial charge < -0.3 is 9.84 Å². The van der Waals surface area contributed by atoms with Gasteiger partial charge in [0.2, 0.25) is 0 Å². The highest BCUT2D eigenvalue weighted by Gasteiger charge is 2.09. The van der Waals surface area contributed by atoms with Crippen LogP contribution in [-0.2, 0) is 0 Å². The highest BCUT2D eigenvalue weighted by molar-refractivity contribution is 5.92. The average molecular weight is 209 g/mol. The minimum Gasteiger partial charge on any atom is -0.361 e. The van der Waals surface area contributed by atoms with Crippen LogP contribution in [0.5, 0.6) is 0 Å². The lowest BCUT2D eigenvalue weighted by atomic mass is 10.3. The number of rotatable bonds is 5. The van der Waals surface area contributed by atoms with Gasteiger partial charge in [-0.15, -0.1) is 0 Å². The quantitative estimate of drug-likeness (QED) is 0.343. The average Bonchev–Trinajstić information content (AvgIpc) is 2.64. The third kappa shape index (κ3) is 3.70. The van der Waals surface area contributed by atoms with E-state index in [1.807, 2.05) is 0 Å². The maximum atomic E-state index is 11.4. The normalized spacial score (nSPS) is 9.40. The van der Waals surface area contributed by atoms with Crippen LogP contribution in [0.1, 0.15) is 22.7 Å². The van der Waals surface area contributed by atoms with E-state index in [0.29, 0.717) is 25.3 Å². The Bertz CT molecular complexity index is 380. The summed E-state index contributed by atoms with van der Waals surface area (Å²) in [4.78, 5) is 14.0. The van der Waals surface area contributed by atoms with Crippen molar-refractivity contribution in [2.45, 2.75) is 13.3 Å².